The van der Waals surface area contributed by atoms with E-state index in [2.05, 4.69) is 14.8 Å². The molecule has 0 heterocycles. The molecule has 8 nitrogen and oxygen atoms in total. The highest BCUT2D eigenvalue weighted by molar-refractivity contribution is 7.90. The molecule has 1 amide bonds. The molecule has 0 bridgehead atoms. The van der Waals surface area contributed by atoms with Gasteiger partial charge in [-0.2, -0.15) is 0 Å². The highest BCUT2D eigenvalue weighted by Gasteiger charge is 2.28. The first-order chi connectivity index (χ1) is 12.7. The summed E-state index contributed by atoms with van der Waals surface area (Å²) in [6.07, 6.45) is 1.24. The maximum Gasteiger partial charge on any atom is 0.240 e. The van der Waals surface area contributed by atoms with Crippen molar-refractivity contribution < 1.29 is 21.6 Å². The Labute approximate surface area is 168 Å². The molecule has 0 radical (unpaired) electrons. The third kappa shape index (κ3) is 7.86. The number of hydrogen-bond acceptors (Lipinski definition) is 5. The number of hydrogen-bond donors (Lipinski definition) is 3. The van der Waals surface area contributed by atoms with E-state index in [1.807, 2.05) is 0 Å². The third-order valence-corrected chi connectivity index (χ3v) is 7.60. The minimum atomic E-state index is -3.63. The van der Waals surface area contributed by atoms with E-state index in [1.165, 1.54) is 12.1 Å². The van der Waals surface area contributed by atoms with Gasteiger partial charge in [0.2, 0.25) is 26.0 Å². The van der Waals surface area contributed by atoms with Crippen LogP contribution in [0.1, 0.15) is 53.9 Å². The second-order valence-corrected chi connectivity index (χ2v) is 12.1. The summed E-state index contributed by atoms with van der Waals surface area (Å²) in [6.45, 7) is 8.58. The molecule has 0 saturated carbocycles. The third-order valence-electron chi connectivity index (χ3n) is 3.75. The van der Waals surface area contributed by atoms with Gasteiger partial charge in [-0.05, 0) is 65.7 Å². The van der Waals surface area contributed by atoms with Crippen molar-refractivity contribution >= 4 is 31.6 Å². The van der Waals surface area contributed by atoms with E-state index in [9.17, 15) is 21.6 Å². The van der Waals surface area contributed by atoms with Crippen LogP contribution in [0.25, 0.3) is 0 Å². The van der Waals surface area contributed by atoms with Crippen LogP contribution >= 0.6 is 0 Å². The molecule has 0 fully saturated rings. The number of benzene rings is 1. The molecule has 0 saturated heterocycles. The Morgan fingerprint density at radius 1 is 1.07 bits per heavy atom. The number of amides is 1. The topological polar surface area (TPSA) is 121 Å². The zero-order chi connectivity index (χ0) is 21.6. The minimum Gasteiger partial charge on any atom is -0.326 e. The molecule has 3 N–H and O–H groups in total. The predicted octanol–water partition coefficient (Wildman–Crippen LogP) is 2.20. The first kappa shape index (κ1) is 24.5. The van der Waals surface area contributed by atoms with Gasteiger partial charge in [0, 0.05) is 24.7 Å². The zero-order valence-corrected chi connectivity index (χ0v) is 18.7. The number of anilines is 1. The van der Waals surface area contributed by atoms with Crippen LogP contribution in [0.2, 0.25) is 0 Å². The van der Waals surface area contributed by atoms with Gasteiger partial charge in [-0.25, -0.2) is 26.3 Å². The Hall–Kier alpha value is -1.49. The lowest BCUT2D eigenvalue weighted by atomic mass is 10.2. The lowest BCUT2D eigenvalue weighted by Crippen LogP contribution is -2.39. The quantitative estimate of drug-likeness (QED) is 0.488. The molecule has 0 aliphatic rings. The van der Waals surface area contributed by atoms with Crippen LogP contribution in [0.15, 0.2) is 29.2 Å². The molecule has 0 aromatic heterocycles. The Morgan fingerprint density at radius 3 is 2.29 bits per heavy atom. The minimum absolute atomic E-state index is 0.0792. The van der Waals surface area contributed by atoms with Crippen molar-refractivity contribution in [3.05, 3.63) is 24.3 Å². The van der Waals surface area contributed by atoms with Gasteiger partial charge in [-0.15, -0.1) is 0 Å². The molecule has 160 valence electrons. The molecule has 0 atom stereocenters. The van der Waals surface area contributed by atoms with Gasteiger partial charge in [0.15, 0.2) is 0 Å². The van der Waals surface area contributed by atoms with Crippen molar-refractivity contribution in [3.63, 3.8) is 0 Å². The SMILES string of the molecule is CC(C)NS(=O)(=O)c1cccc(NC(=O)CCCCNS(=O)(=O)C(C)(C)C)c1. The maximum absolute atomic E-state index is 12.2. The molecule has 0 aliphatic carbocycles. The van der Waals surface area contributed by atoms with Gasteiger partial charge >= 0.3 is 0 Å². The lowest BCUT2D eigenvalue weighted by Gasteiger charge is -2.19. The van der Waals surface area contributed by atoms with Crippen molar-refractivity contribution in [3.8, 4) is 0 Å². The maximum atomic E-state index is 12.2. The number of unbranched alkanes of at least 4 members (excludes halogenated alkanes) is 1. The molecular weight excluding hydrogens is 402 g/mol. The standard InChI is InChI=1S/C18H31N3O5S2/c1-14(2)21-27(23,24)16-10-8-9-15(13-16)20-17(22)11-6-7-12-19-28(25,26)18(3,4)5/h8-10,13-14,19,21H,6-7,11-12H2,1-5H3,(H,20,22). The van der Waals surface area contributed by atoms with E-state index in [0.29, 0.717) is 18.5 Å². The summed E-state index contributed by atoms with van der Waals surface area (Å²) in [5, 5.41) is 2.67. The highest BCUT2D eigenvalue weighted by Crippen LogP contribution is 2.16. The van der Waals surface area contributed by atoms with E-state index >= 15 is 0 Å². The fourth-order valence-electron chi connectivity index (χ4n) is 2.18. The Morgan fingerprint density at radius 2 is 1.71 bits per heavy atom. The van der Waals surface area contributed by atoms with Crippen LogP contribution in [0.3, 0.4) is 0 Å². The summed E-state index contributed by atoms with van der Waals surface area (Å²) < 4.78 is 52.4. The second kappa shape index (κ2) is 9.82. The van der Waals surface area contributed by atoms with E-state index in [4.69, 9.17) is 0 Å². The van der Waals surface area contributed by atoms with Crippen LogP contribution in [-0.2, 0) is 24.8 Å². The van der Waals surface area contributed by atoms with Crippen LogP contribution in [0.5, 0.6) is 0 Å². The van der Waals surface area contributed by atoms with Crippen LogP contribution in [0, 0.1) is 0 Å². The molecule has 1 aromatic rings. The number of rotatable bonds is 10. The van der Waals surface area contributed by atoms with Crippen LogP contribution < -0.4 is 14.8 Å². The van der Waals surface area contributed by atoms with Crippen molar-refractivity contribution in [2.75, 3.05) is 11.9 Å². The predicted molar refractivity (Wildman–Crippen MR) is 111 cm³/mol. The van der Waals surface area contributed by atoms with Crippen molar-refractivity contribution in [2.45, 2.75) is 69.6 Å². The summed E-state index contributed by atoms with van der Waals surface area (Å²) >= 11 is 0. The van der Waals surface area contributed by atoms with Crippen LogP contribution in [0.4, 0.5) is 5.69 Å². The summed E-state index contributed by atoms with van der Waals surface area (Å²) in [5.74, 6) is -0.259. The fraction of sp³-hybridized carbons (Fsp3) is 0.611. The smallest absolute Gasteiger partial charge is 0.240 e. The molecule has 1 aromatic carbocycles. The summed E-state index contributed by atoms with van der Waals surface area (Å²) in [4.78, 5) is 12.1. The monoisotopic (exact) mass is 433 g/mol. The van der Waals surface area contributed by atoms with Crippen LogP contribution in [-0.4, -0.2) is 40.1 Å². The summed E-state index contributed by atoms with van der Waals surface area (Å²) in [6, 6.07) is 5.80. The first-order valence-electron chi connectivity index (χ1n) is 9.16. The lowest BCUT2D eigenvalue weighted by molar-refractivity contribution is -0.116. The number of sulfonamides is 2. The summed E-state index contributed by atoms with van der Waals surface area (Å²) in [7, 11) is -7.02. The molecule has 0 spiro atoms. The van der Waals surface area contributed by atoms with Gasteiger partial charge < -0.3 is 5.32 Å². The summed E-state index contributed by atoms with van der Waals surface area (Å²) in [5.41, 5.74) is 0.394. The molecule has 1 rings (SSSR count). The highest BCUT2D eigenvalue weighted by atomic mass is 32.2. The van der Waals surface area contributed by atoms with Gasteiger partial charge in [0.05, 0.1) is 9.64 Å². The second-order valence-electron chi connectivity index (χ2n) is 7.82. The van der Waals surface area contributed by atoms with Gasteiger partial charge in [-0.1, -0.05) is 6.07 Å². The number of carbonyl (C=O) groups is 1. The van der Waals surface area contributed by atoms with E-state index in [-0.39, 0.29) is 29.8 Å². The normalized spacial score (nSPS) is 12.9. The number of nitrogens with one attached hydrogen (secondary N) is 3. The van der Waals surface area contributed by atoms with E-state index in [1.54, 1.807) is 46.8 Å². The molecule has 10 heteroatoms. The van der Waals surface area contributed by atoms with E-state index < -0.39 is 24.8 Å². The average Bonchev–Trinajstić information content (AvgIpc) is 2.52. The molecule has 0 aliphatic heterocycles. The number of carbonyl (C=O) groups excluding carboxylic acids is 1. The van der Waals surface area contributed by atoms with Crippen molar-refractivity contribution in [1.82, 2.24) is 9.44 Å². The van der Waals surface area contributed by atoms with Gasteiger partial charge in [0.25, 0.3) is 0 Å². The Bertz CT molecular complexity index is 873. The van der Waals surface area contributed by atoms with Crippen molar-refractivity contribution in [2.24, 2.45) is 0 Å². The van der Waals surface area contributed by atoms with Gasteiger partial charge in [0.1, 0.15) is 0 Å². The Kier molecular flexibility index (Phi) is 8.61. The van der Waals surface area contributed by atoms with Gasteiger partial charge in [-0.3, -0.25) is 4.79 Å². The van der Waals surface area contributed by atoms with Crippen molar-refractivity contribution in [1.29, 1.82) is 0 Å². The zero-order valence-electron chi connectivity index (χ0n) is 17.1. The largest absolute Gasteiger partial charge is 0.326 e. The first-order valence-corrected chi connectivity index (χ1v) is 12.1. The average molecular weight is 434 g/mol. The Balaban J connectivity index is 2.51. The molecule has 28 heavy (non-hydrogen) atoms. The molecular formula is C18H31N3O5S2. The van der Waals surface area contributed by atoms with E-state index in [0.717, 1.165) is 0 Å². The molecule has 0 unspecified atom stereocenters. The fourth-order valence-corrected chi connectivity index (χ4v) is 4.32.